The van der Waals surface area contributed by atoms with Crippen molar-refractivity contribution in [1.82, 2.24) is 29.5 Å². The maximum absolute atomic E-state index is 15.9. The van der Waals surface area contributed by atoms with E-state index >= 15 is 4.39 Å². The lowest BCUT2D eigenvalue weighted by Crippen LogP contribution is -2.16. The summed E-state index contributed by atoms with van der Waals surface area (Å²) in [6.07, 6.45) is 5.14. The number of halogens is 1. The quantitative estimate of drug-likeness (QED) is 0.377. The van der Waals surface area contributed by atoms with Crippen LogP contribution in [0, 0.1) is 12.7 Å². The van der Waals surface area contributed by atoms with Crippen LogP contribution in [0.3, 0.4) is 0 Å². The fraction of sp³-hybridized carbons (Fsp3) is 0.192. The van der Waals surface area contributed by atoms with Gasteiger partial charge in [-0.05, 0) is 44.2 Å². The van der Waals surface area contributed by atoms with Gasteiger partial charge >= 0.3 is 0 Å². The van der Waals surface area contributed by atoms with Crippen LogP contribution in [-0.2, 0) is 11.3 Å². The Morgan fingerprint density at radius 3 is 2.83 bits per heavy atom. The molecule has 0 radical (unpaired) electrons. The van der Waals surface area contributed by atoms with Gasteiger partial charge in [-0.25, -0.2) is 13.8 Å². The van der Waals surface area contributed by atoms with Crippen LogP contribution in [0.4, 0.5) is 10.2 Å². The number of hydrogen-bond donors (Lipinski definition) is 1. The van der Waals surface area contributed by atoms with Crippen molar-refractivity contribution in [1.29, 1.82) is 0 Å². The average molecular weight is 500 g/mol. The second kappa shape index (κ2) is 8.87. The summed E-state index contributed by atoms with van der Waals surface area (Å²) in [5.41, 5.74) is 4.85. The van der Waals surface area contributed by atoms with Gasteiger partial charge in [0.1, 0.15) is 17.3 Å². The Balaban J connectivity index is 1.54. The van der Waals surface area contributed by atoms with Gasteiger partial charge in [0.15, 0.2) is 0 Å². The van der Waals surface area contributed by atoms with Crippen molar-refractivity contribution in [3.8, 4) is 17.1 Å². The first-order valence-corrected chi connectivity index (χ1v) is 12.6. The molecule has 36 heavy (non-hydrogen) atoms. The van der Waals surface area contributed by atoms with Crippen LogP contribution in [0.15, 0.2) is 61.1 Å². The molecule has 5 aromatic rings. The summed E-state index contributed by atoms with van der Waals surface area (Å²) in [6.45, 7) is 4.41. The molecule has 0 saturated carbocycles. The largest absolute Gasteiger partial charge is 0.310 e. The molecule has 1 aliphatic heterocycles. The highest BCUT2D eigenvalue weighted by Crippen LogP contribution is 2.47. The van der Waals surface area contributed by atoms with E-state index in [9.17, 15) is 4.79 Å². The highest BCUT2D eigenvalue weighted by molar-refractivity contribution is 8.00. The zero-order valence-corrected chi connectivity index (χ0v) is 20.5. The van der Waals surface area contributed by atoms with Crippen molar-refractivity contribution in [2.75, 3.05) is 11.1 Å². The lowest BCUT2D eigenvalue weighted by atomic mass is 10.00. The molecule has 1 unspecified atom stereocenters. The monoisotopic (exact) mass is 499 g/mol. The van der Waals surface area contributed by atoms with E-state index in [2.05, 4.69) is 20.4 Å². The molecule has 0 aliphatic carbocycles. The predicted octanol–water partition coefficient (Wildman–Crippen LogP) is 4.92. The highest BCUT2D eigenvalue weighted by Gasteiger charge is 2.34. The summed E-state index contributed by atoms with van der Waals surface area (Å²) in [5, 5.41) is 12.6. The molecule has 4 aromatic heterocycles. The molecule has 5 heterocycles. The number of fused-ring (bicyclic) bond motifs is 2. The Hall–Kier alpha value is -4.05. The second-order valence-corrected chi connectivity index (χ2v) is 9.62. The van der Waals surface area contributed by atoms with Gasteiger partial charge in [0.05, 0.1) is 34.1 Å². The summed E-state index contributed by atoms with van der Waals surface area (Å²) in [4.78, 5) is 21.3. The minimum Gasteiger partial charge on any atom is -0.310 e. The molecular formula is C26H22FN7OS. The van der Waals surface area contributed by atoms with Crippen LogP contribution in [0.25, 0.3) is 28.0 Å². The van der Waals surface area contributed by atoms with Gasteiger partial charge < -0.3 is 5.32 Å². The molecule has 1 atom stereocenters. The van der Waals surface area contributed by atoms with Crippen LogP contribution in [0.2, 0.25) is 0 Å². The van der Waals surface area contributed by atoms with Crippen molar-refractivity contribution in [2.24, 2.45) is 0 Å². The molecule has 10 heteroatoms. The Labute approximate surface area is 210 Å². The Morgan fingerprint density at radius 1 is 1.17 bits per heavy atom. The molecule has 0 saturated heterocycles. The minimum atomic E-state index is -0.466. The number of pyridine rings is 2. The molecule has 1 aromatic carbocycles. The third-order valence-corrected chi connectivity index (χ3v) is 7.44. The third-order valence-electron chi connectivity index (χ3n) is 6.19. The van der Waals surface area contributed by atoms with E-state index in [1.54, 1.807) is 28.0 Å². The van der Waals surface area contributed by atoms with Gasteiger partial charge in [-0.3, -0.25) is 14.8 Å². The lowest BCUT2D eigenvalue weighted by molar-refractivity contribution is -0.113. The third kappa shape index (κ3) is 3.74. The van der Waals surface area contributed by atoms with Crippen molar-refractivity contribution in [3.05, 3.63) is 83.7 Å². The molecule has 6 rings (SSSR count). The number of benzene rings is 1. The smallest absolute Gasteiger partial charge is 0.235 e. The molecule has 8 nitrogen and oxygen atoms in total. The normalized spacial score (nSPS) is 15.5. The number of rotatable bonds is 4. The fourth-order valence-corrected chi connectivity index (χ4v) is 5.71. The lowest BCUT2D eigenvalue weighted by Gasteiger charge is -2.17. The van der Waals surface area contributed by atoms with Crippen LogP contribution in [0.1, 0.15) is 29.0 Å². The summed E-state index contributed by atoms with van der Waals surface area (Å²) in [5.74, 6) is 0.260. The van der Waals surface area contributed by atoms with Crippen molar-refractivity contribution < 1.29 is 9.18 Å². The first-order chi connectivity index (χ1) is 17.5. The number of aryl methyl sites for hydroxylation is 2. The van der Waals surface area contributed by atoms with E-state index in [1.165, 1.54) is 17.8 Å². The number of nitrogens with zero attached hydrogens (tertiary/aromatic N) is 6. The number of aromatic nitrogens is 6. The van der Waals surface area contributed by atoms with Crippen LogP contribution in [0.5, 0.6) is 0 Å². The molecule has 1 amide bonds. The maximum atomic E-state index is 15.9. The standard InChI is InChI=1S/C26H22FN7OS/c1-3-33-26-23(24(32-33)20-6-4-5-8-29-20)25(36-14-22(35)31-26)18-11-16-13-30-34(21(16)12-19(18)27)17-7-9-28-15(2)10-17/h4-13,25H,3,14H2,1-2H3,(H,31,35). The van der Waals surface area contributed by atoms with Crippen LogP contribution < -0.4 is 5.32 Å². The topological polar surface area (TPSA) is 90.5 Å². The molecular weight excluding hydrogens is 477 g/mol. The number of nitrogens with one attached hydrogen (secondary N) is 1. The summed E-state index contributed by atoms with van der Waals surface area (Å²) in [7, 11) is 0. The van der Waals surface area contributed by atoms with Gasteiger partial charge in [0.25, 0.3) is 0 Å². The van der Waals surface area contributed by atoms with Crippen LogP contribution in [-0.4, -0.2) is 41.2 Å². The van der Waals surface area contributed by atoms with Gasteiger partial charge in [-0.2, -0.15) is 10.2 Å². The van der Waals surface area contributed by atoms with Gasteiger partial charge in [0, 0.05) is 47.2 Å². The zero-order valence-electron chi connectivity index (χ0n) is 19.6. The SMILES string of the molecule is CCn1nc(-c2ccccn2)c2c1NC(=O)CSC2c1cc2cnn(-c3ccnc(C)c3)c2cc1F. The van der Waals surface area contributed by atoms with E-state index in [0.29, 0.717) is 34.8 Å². The Bertz CT molecular complexity index is 1610. The Morgan fingerprint density at radius 2 is 2.06 bits per heavy atom. The number of anilines is 1. The van der Waals surface area contributed by atoms with E-state index in [1.807, 2.05) is 50.2 Å². The number of carbonyl (C=O) groups is 1. The first kappa shape index (κ1) is 22.4. The molecule has 1 N–H and O–H groups in total. The number of hydrogen-bond acceptors (Lipinski definition) is 6. The van der Waals surface area contributed by atoms with Gasteiger partial charge in [-0.1, -0.05) is 6.07 Å². The van der Waals surface area contributed by atoms with E-state index in [0.717, 1.165) is 22.3 Å². The average Bonchev–Trinajstić information content (AvgIpc) is 3.41. The summed E-state index contributed by atoms with van der Waals surface area (Å²) >= 11 is 1.38. The van der Waals surface area contributed by atoms with Crippen molar-refractivity contribution >= 4 is 34.4 Å². The summed E-state index contributed by atoms with van der Waals surface area (Å²) < 4.78 is 19.3. The van der Waals surface area contributed by atoms with Crippen LogP contribution >= 0.6 is 11.8 Å². The summed E-state index contributed by atoms with van der Waals surface area (Å²) in [6, 6.07) is 12.7. The van der Waals surface area contributed by atoms with Gasteiger partial charge in [-0.15, -0.1) is 11.8 Å². The molecule has 0 fully saturated rings. The Kier molecular flexibility index (Phi) is 5.52. The minimum absolute atomic E-state index is 0.145. The first-order valence-electron chi connectivity index (χ1n) is 11.6. The van der Waals surface area contributed by atoms with Gasteiger partial charge in [0.2, 0.25) is 5.91 Å². The van der Waals surface area contributed by atoms with Crippen molar-refractivity contribution in [3.63, 3.8) is 0 Å². The molecule has 0 bridgehead atoms. The van der Waals surface area contributed by atoms with E-state index in [4.69, 9.17) is 5.10 Å². The maximum Gasteiger partial charge on any atom is 0.235 e. The highest BCUT2D eigenvalue weighted by atomic mass is 32.2. The number of amides is 1. The van der Waals surface area contributed by atoms with Crippen molar-refractivity contribution in [2.45, 2.75) is 25.6 Å². The fourth-order valence-electron chi connectivity index (χ4n) is 4.57. The molecule has 0 spiro atoms. The number of carbonyl (C=O) groups excluding carboxylic acids is 1. The predicted molar refractivity (Wildman–Crippen MR) is 138 cm³/mol. The zero-order chi connectivity index (χ0) is 24.8. The molecule has 180 valence electrons. The van der Waals surface area contributed by atoms with E-state index in [-0.39, 0.29) is 17.5 Å². The molecule has 1 aliphatic rings. The number of thioether (sulfide) groups is 1. The van der Waals surface area contributed by atoms with E-state index < -0.39 is 5.25 Å². The second-order valence-electron chi connectivity index (χ2n) is 8.53.